The van der Waals surface area contributed by atoms with Crippen LogP contribution in [-0.4, -0.2) is 29.5 Å². The van der Waals surface area contributed by atoms with E-state index in [2.05, 4.69) is 11.1 Å². The van der Waals surface area contributed by atoms with Crippen molar-refractivity contribution >= 4 is 23.5 Å². The quantitative estimate of drug-likeness (QED) is 0.476. The Morgan fingerprint density at radius 3 is 2.84 bits per heavy atom. The molecule has 0 saturated heterocycles. The Morgan fingerprint density at radius 1 is 1.53 bits per heavy atom. The van der Waals surface area contributed by atoms with Crippen molar-refractivity contribution in [2.24, 2.45) is 0 Å². The van der Waals surface area contributed by atoms with E-state index in [1.807, 2.05) is 13.8 Å². The molecule has 4 nitrogen and oxygen atoms in total. The molecule has 0 unspecified atom stereocenters. The summed E-state index contributed by atoms with van der Waals surface area (Å²) in [5.41, 5.74) is 1.26. The van der Waals surface area contributed by atoms with Crippen LogP contribution in [-0.2, 0) is 4.74 Å². The molecule has 1 rings (SSSR count). The summed E-state index contributed by atoms with van der Waals surface area (Å²) in [5, 5.41) is 10.7. The standard InChI is InChI=1S/C13H18N2O2S2/c1-9(2)10-6-12(16)15-13(11(10)7-14)19-8-18-5-4-17-3/h6,9H,4-5,8H2,1-3H3,(H,15,16). The normalized spacial score (nSPS) is 10.7. The molecule has 1 heterocycles. The smallest absolute Gasteiger partial charge is 0.249 e. The molecule has 1 aromatic heterocycles. The summed E-state index contributed by atoms with van der Waals surface area (Å²) >= 11 is 3.22. The summed E-state index contributed by atoms with van der Waals surface area (Å²) in [6, 6.07) is 3.72. The van der Waals surface area contributed by atoms with E-state index in [-0.39, 0.29) is 11.5 Å². The van der Waals surface area contributed by atoms with Crippen LogP contribution in [0.25, 0.3) is 0 Å². The zero-order valence-corrected chi connectivity index (χ0v) is 13.0. The number of nitriles is 1. The molecule has 0 saturated carbocycles. The molecule has 0 aromatic carbocycles. The first-order valence-corrected chi connectivity index (χ1v) is 8.11. The van der Waals surface area contributed by atoms with E-state index in [4.69, 9.17) is 4.74 Å². The second-order valence-electron chi connectivity index (χ2n) is 4.22. The van der Waals surface area contributed by atoms with Crippen molar-refractivity contribution in [3.05, 3.63) is 27.5 Å². The lowest BCUT2D eigenvalue weighted by atomic mass is 10.00. The number of H-pyrrole nitrogens is 1. The van der Waals surface area contributed by atoms with Crippen LogP contribution in [0.1, 0.15) is 30.9 Å². The third kappa shape index (κ3) is 4.94. The lowest BCUT2D eigenvalue weighted by Crippen LogP contribution is -2.11. The maximum absolute atomic E-state index is 11.6. The van der Waals surface area contributed by atoms with Crippen LogP contribution in [0.15, 0.2) is 15.9 Å². The molecule has 0 amide bonds. The van der Waals surface area contributed by atoms with E-state index in [1.165, 1.54) is 17.8 Å². The highest BCUT2D eigenvalue weighted by atomic mass is 32.2. The van der Waals surface area contributed by atoms with Gasteiger partial charge in [0.15, 0.2) is 0 Å². The summed E-state index contributed by atoms with van der Waals surface area (Å²) in [6.07, 6.45) is 0. The van der Waals surface area contributed by atoms with Gasteiger partial charge in [-0.05, 0) is 11.5 Å². The van der Waals surface area contributed by atoms with Crippen molar-refractivity contribution in [3.8, 4) is 6.07 Å². The van der Waals surface area contributed by atoms with E-state index in [9.17, 15) is 10.1 Å². The molecular weight excluding hydrogens is 280 g/mol. The van der Waals surface area contributed by atoms with Gasteiger partial charge >= 0.3 is 0 Å². The number of hydrogen-bond donors (Lipinski definition) is 1. The summed E-state index contributed by atoms with van der Waals surface area (Å²) in [4.78, 5) is 14.4. The number of ether oxygens (including phenoxy) is 1. The van der Waals surface area contributed by atoms with Crippen LogP contribution in [0.3, 0.4) is 0 Å². The number of thioether (sulfide) groups is 2. The number of methoxy groups -OCH3 is 1. The number of nitrogens with one attached hydrogen (secondary N) is 1. The van der Waals surface area contributed by atoms with Gasteiger partial charge in [0.2, 0.25) is 5.56 Å². The van der Waals surface area contributed by atoms with Gasteiger partial charge in [0.25, 0.3) is 0 Å². The first kappa shape index (κ1) is 16.2. The van der Waals surface area contributed by atoms with Crippen LogP contribution >= 0.6 is 23.5 Å². The van der Waals surface area contributed by atoms with Gasteiger partial charge in [-0.25, -0.2) is 0 Å². The fraction of sp³-hybridized carbons (Fsp3) is 0.538. The molecule has 0 radical (unpaired) electrons. The van der Waals surface area contributed by atoms with E-state index in [0.717, 1.165) is 16.4 Å². The molecule has 19 heavy (non-hydrogen) atoms. The average molecular weight is 298 g/mol. The van der Waals surface area contributed by atoms with Crippen molar-refractivity contribution in [1.82, 2.24) is 4.98 Å². The van der Waals surface area contributed by atoms with Crippen LogP contribution in [0.4, 0.5) is 0 Å². The Labute approximate surface area is 121 Å². The van der Waals surface area contributed by atoms with Crippen molar-refractivity contribution in [3.63, 3.8) is 0 Å². The highest BCUT2D eigenvalue weighted by Crippen LogP contribution is 2.27. The van der Waals surface area contributed by atoms with Crippen molar-refractivity contribution in [2.75, 3.05) is 24.6 Å². The zero-order valence-electron chi connectivity index (χ0n) is 11.4. The third-order valence-electron chi connectivity index (χ3n) is 2.49. The fourth-order valence-corrected chi connectivity index (χ4v) is 3.58. The minimum Gasteiger partial charge on any atom is -0.384 e. The van der Waals surface area contributed by atoms with Crippen LogP contribution in [0.2, 0.25) is 0 Å². The van der Waals surface area contributed by atoms with E-state index >= 15 is 0 Å². The Kier molecular flexibility index (Phi) is 7.06. The number of hydrogen-bond acceptors (Lipinski definition) is 5. The molecule has 0 aliphatic heterocycles. The molecule has 0 fully saturated rings. The second kappa shape index (κ2) is 8.31. The monoisotopic (exact) mass is 298 g/mol. The lowest BCUT2D eigenvalue weighted by molar-refractivity contribution is 0.219. The summed E-state index contributed by atoms with van der Waals surface area (Å²) in [5.74, 6) is 1.07. The van der Waals surface area contributed by atoms with Gasteiger partial charge in [-0.1, -0.05) is 25.6 Å². The van der Waals surface area contributed by atoms with Gasteiger partial charge < -0.3 is 9.72 Å². The van der Waals surface area contributed by atoms with Crippen LogP contribution in [0.5, 0.6) is 0 Å². The minimum absolute atomic E-state index is 0.146. The molecule has 1 aromatic rings. The largest absolute Gasteiger partial charge is 0.384 e. The minimum atomic E-state index is -0.146. The number of aromatic nitrogens is 1. The SMILES string of the molecule is COCCSCSc1[nH]c(=O)cc(C(C)C)c1C#N. The summed E-state index contributed by atoms with van der Waals surface area (Å²) in [6.45, 7) is 4.67. The highest BCUT2D eigenvalue weighted by molar-refractivity contribution is 8.16. The van der Waals surface area contributed by atoms with Gasteiger partial charge in [0, 0.05) is 24.0 Å². The topological polar surface area (TPSA) is 65.9 Å². The average Bonchev–Trinajstić information content (AvgIpc) is 2.37. The number of rotatable bonds is 7. The molecule has 0 atom stereocenters. The van der Waals surface area contributed by atoms with Crippen molar-refractivity contribution < 1.29 is 4.74 Å². The Morgan fingerprint density at radius 2 is 2.26 bits per heavy atom. The summed E-state index contributed by atoms with van der Waals surface area (Å²) in [7, 11) is 1.67. The van der Waals surface area contributed by atoms with Gasteiger partial charge in [-0.3, -0.25) is 4.79 Å². The molecule has 1 N–H and O–H groups in total. The number of aromatic amines is 1. The second-order valence-corrected chi connectivity index (χ2v) is 6.68. The summed E-state index contributed by atoms with van der Waals surface area (Å²) < 4.78 is 4.97. The third-order valence-corrected chi connectivity index (χ3v) is 4.68. The Bertz CT molecular complexity index is 506. The van der Waals surface area contributed by atoms with Crippen LogP contribution < -0.4 is 5.56 Å². The lowest BCUT2D eigenvalue weighted by Gasteiger charge is -2.11. The molecule has 6 heteroatoms. The Balaban J connectivity index is 2.82. The predicted molar refractivity (Wildman–Crippen MR) is 80.9 cm³/mol. The van der Waals surface area contributed by atoms with Crippen molar-refractivity contribution in [2.45, 2.75) is 24.8 Å². The van der Waals surface area contributed by atoms with E-state index in [1.54, 1.807) is 18.9 Å². The zero-order chi connectivity index (χ0) is 14.3. The van der Waals surface area contributed by atoms with Gasteiger partial charge in [0.05, 0.1) is 17.2 Å². The maximum Gasteiger partial charge on any atom is 0.249 e. The fourth-order valence-electron chi connectivity index (χ4n) is 1.54. The van der Waals surface area contributed by atoms with Gasteiger partial charge in [-0.2, -0.15) is 5.26 Å². The van der Waals surface area contributed by atoms with Crippen molar-refractivity contribution in [1.29, 1.82) is 5.26 Å². The maximum atomic E-state index is 11.6. The predicted octanol–water partition coefficient (Wildman–Crippen LogP) is 2.80. The number of pyridine rings is 1. The van der Waals surface area contributed by atoms with E-state index in [0.29, 0.717) is 17.2 Å². The molecular formula is C13H18N2O2S2. The van der Waals surface area contributed by atoms with E-state index < -0.39 is 0 Å². The Hall–Kier alpha value is -0.900. The molecule has 0 aliphatic carbocycles. The molecule has 0 aliphatic rings. The van der Waals surface area contributed by atoms with Gasteiger partial charge in [-0.15, -0.1) is 11.8 Å². The van der Waals surface area contributed by atoms with Gasteiger partial charge in [0.1, 0.15) is 6.07 Å². The molecule has 0 bridgehead atoms. The first-order valence-electron chi connectivity index (χ1n) is 5.97. The molecule has 104 valence electrons. The number of nitrogens with zero attached hydrogens (tertiary/aromatic N) is 1. The van der Waals surface area contributed by atoms with Crippen LogP contribution in [0, 0.1) is 11.3 Å². The first-order chi connectivity index (χ1) is 9.10. The highest BCUT2D eigenvalue weighted by Gasteiger charge is 2.13. The molecule has 0 spiro atoms.